The molecule has 1 heterocycles. The SMILES string of the molecule is CCN(CCC(=O)Nc1ccccc1N)CC1CCCO1. The number of hydrogen-bond donors (Lipinski definition) is 2. The van der Waals surface area contributed by atoms with E-state index in [1.165, 1.54) is 0 Å². The molecule has 0 saturated carbocycles. The molecule has 5 heteroatoms. The van der Waals surface area contributed by atoms with Gasteiger partial charge in [-0.25, -0.2) is 0 Å². The number of para-hydroxylation sites is 2. The van der Waals surface area contributed by atoms with Crippen LogP contribution in [0.2, 0.25) is 0 Å². The fraction of sp³-hybridized carbons (Fsp3) is 0.562. The van der Waals surface area contributed by atoms with Crippen molar-refractivity contribution in [2.75, 3.05) is 37.3 Å². The molecule has 0 aromatic heterocycles. The van der Waals surface area contributed by atoms with Crippen LogP contribution in [0.15, 0.2) is 24.3 Å². The van der Waals surface area contributed by atoms with E-state index in [1.807, 2.05) is 18.2 Å². The van der Waals surface area contributed by atoms with Crippen LogP contribution in [0.25, 0.3) is 0 Å². The minimum Gasteiger partial charge on any atom is -0.397 e. The number of nitrogens with two attached hydrogens (primary N) is 1. The Morgan fingerprint density at radius 2 is 2.29 bits per heavy atom. The van der Waals surface area contributed by atoms with Gasteiger partial charge in [0.05, 0.1) is 17.5 Å². The van der Waals surface area contributed by atoms with E-state index < -0.39 is 0 Å². The zero-order valence-electron chi connectivity index (χ0n) is 12.7. The first-order valence-electron chi connectivity index (χ1n) is 7.67. The number of nitrogens with one attached hydrogen (secondary N) is 1. The number of nitrogens with zero attached hydrogens (tertiary/aromatic N) is 1. The number of rotatable bonds is 7. The molecule has 1 saturated heterocycles. The summed E-state index contributed by atoms with van der Waals surface area (Å²) in [5, 5.41) is 2.86. The smallest absolute Gasteiger partial charge is 0.225 e. The van der Waals surface area contributed by atoms with Gasteiger partial charge in [-0.2, -0.15) is 0 Å². The highest BCUT2D eigenvalue weighted by Crippen LogP contribution is 2.17. The van der Waals surface area contributed by atoms with E-state index in [9.17, 15) is 4.79 Å². The third kappa shape index (κ3) is 5.02. The van der Waals surface area contributed by atoms with Crippen molar-refractivity contribution in [2.45, 2.75) is 32.3 Å². The van der Waals surface area contributed by atoms with Crippen LogP contribution in [-0.2, 0) is 9.53 Å². The van der Waals surface area contributed by atoms with Crippen molar-refractivity contribution in [3.05, 3.63) is 24.3 Å². The normalized spacial score (nSPS) is 18.1. The fourth-order valence-corrected chi connectivity index (χ4v) is 2.54. The van der Waals surface area contributed by atoms with E-state index in [2.05, 4.69) is 17.1 Å². The maximum absolute atomic E-state index is 12.0. The third-order valence-electron chi connectivity index (χ3n) is 3.82. The molecule has 1 aliphatic heterocycles. The van der Waals surface area contributed by atoms with Gasteiger partial charge in [-0.15, -0.1) is 0 Å². The van der Waals surface area contributed by atoms with Crippen LogP contribution >= 0.6 is 0 Å². The van der Waals surface area contributed by atoms with Gasteiger partial charge >= 0.3 is 0 Å². The van der Waals surface area contributed by atoms with Crippen molar-refractivity contribution in [3.8, 4) is 0 Å². The largest absolute Gasteiger partial charge is 0.397 e. The van der Waals surface area contributed by atoms with Gasteiger partial charge in [0, 0.05) is 26.1 Å². The second kappa shape index (κ2) is 8.00. The Bertz CT molecular complexity index is 459. The van der Waals surface area contributed by atoms with E-state index >= 15 is 0 Å². The highest BCUT2D eigenvalue weighted by molar-refractivity contribution is 5.93. The number of carbonyl (C=O) groups is 1. The molecule has 1 aliphatic rings. The lowest BCUT2D eigenvalue weighted by molar-refractivity contribution is -0.116. The second-order valence-electron chi connectivity index (χ2n) is 5.41. The highest BCUT2D eigenvalue weighted by atomic mass is 16.5. The topological polar surface area (TPSA) is 67.6 Å². The first-order valence-corrected chi connectivity index (χ1v) is 7.67. The van der Waals surface area contributed by atoms with Gasteiger partial charge in [0.15, 0.2) is 0 Å². The molecular formula is C16H25N3O2. The Hall–Kier alpha value is -1.59. The molecule has 1 atom stereocenters. The van der Waals surface area contributed by atoms with Crippen LogP contribution < -0.4 is 11.1 Å². The highest BCUT2D eigenvalue weighted by Gasteiger charge is 2.18. The van der Waals surface area contributed by atoms with E-state index in [0.717, 1.165) is 39.1 Å². The average molecular weight is 291 g/mol. The number of amides is 1. The minimum atomic E-state index is -0.00121. The molecule has 116 valence electrons. The summed E-state index contributed by atoms with van der Waals surface area (Å²) < 4.78 is 5.64. The van der Waals surface area contributed by atoms with E-state index in [0.29, 0.717) is 23.9 Å². The Morgan fingerprint density at radius 1 is 1.48 bits per heavy atom. The molecule has 1 amide bonds. The van der Waals surface area contributed by atoms with Crippen molar-refractivity contribution in [3.63, 3.8) is 0 Å². The Morgan fingerprint density at radius 3 is 2.95 bits per heavy atom. The lowest BCUT2D eigenvalue weighted by Gasteiger charge is -2.23. The quantitative estimate of drug-likeness (QED) is 0.755. The molecule has 5 nitrogen and oxygen atoms in total. The molecular weight excluding hydrogens is 266 g/mol. The van der Waals surface area contributed by atoms with Crippen molar-refractivity contribution in [2.24, 2.45) is 0 Å². The molecule has 1 aromatic carbocycles. The summed E-state index contributed by atoms with van der Waals surface area (Å²) in [4.78, 5) is 14.3. The Balaban J connectivity index is 1.75. The number of carbonyl (C=O) groups excluding carboxylic acids is 1. The molecule has 0 aliphatic carbocycles. The van der Waals surface area contributed by atoms with Crippen LogP contribution in [-0.4, -0.2) is 43.2 Å². The van der Waals surface area contributed by atoms with Crippen LogP contribution in [0, 0.1) is 0 Å². The summed E-state index contributed by atoms with van der Waals surface area (Å²) in [5.41, 5.74) is 7.10. The van der Waals surface area contributed by atoms with Gasteiger partial charge < -0.3 is 20.7 Å². The van der Waals surface area contributed by atoms with Gasteiger partial charge in [-0.1, -0.05) is 19.1 Å². The van der Waals surface area contributed by atoms with Gasteiger partial charge in [0.2, 0.25) is 5.91 Å². The number of ether oxygens (including phenoxy) is 1. The predicted octanol–water partition coefficient (Wildman–Crippen LogP) is 2.10. The zero-order valence-corrected chi connectivity index (χ0v) is 12.7. The number of benzene rings is 1. The van der Waals surface area contributed by atoms with Gasteiger partial charge in [0.25, 0.3) is 0 Å². The van der Waals surface area contributed by atoms with E-state index in [1.54, 1.807) is 6.07 Å². The average Bonchev–Trinajstić information content (AvgIpc) is 2.99. The van der Waals surface area contributed by atoms with Crippen LogP contribution in [0.4, 0.5) is 11.4 Å². The van der Waals surface area contributed by atoms with Crippen LogP contribution in [0.1, 0.15) is 26.2 Å². The predicted molar refractivity (Wildman–Crippen MR) is 85.2 cm³/mol. The standard InChI is InChI=1S/C16H25N3O2/c1-2-19(12-13-6-5-11-21-13)10-9-16(20)18-15-8-4-3-7-14(15)17/h3-4,7-8,13H,2,5-6,9-12,17H2,1H3,(H,18,20). The monoisotopic (exact) mass is 291 g/mol. The molecule has 0 spiro atoms. The zero-order chi connectivity index (χ0) is 15.1. The van der Waals surface area contributed by atoms with Gasteiger partial charge in [-0.05, 0) is 31.5 Å². The molecule has 21 heavy (non-hydrogen) atoms. The van der Waals surface area contributed by atoms with Crippen LogP contribution in [0.3, 0.4) is 0 Å². The summed E-state index contributed by atoms with van der Waals surface area (Å²) in [6, 6.07) is 7.32. The minimum absolute atomic E-state index is 0.00121. The number of anilines is 2. The molecule has 1 fully saturated rings. The maximum Gasteiger partial charge on any atom is 0.225 e. The fourth-order valence-electron chi connectivity index (χ4n) is 2.54. The molecule has 3 N–H and O–H groups in total. The van der Waals surface area contributed by atoms with Crippen molar-refractivity contribution in [1.29, 1.82) is 0 Å². The van der Waals surface area contributed by atoms with E-state index in [-0.39, 0.29) is 5.91 Å². The lowest BCUT2D eigenvalue weighted by Crippen LogP contribution is -2.34. The summed E-state index contributed by atoms with van der Waals surface area (Å²) >= 11 is 0. The third-order valence-corrected chi connectivity index (χ3v) is 3.82. The second-order valence-corrected chi connectivity index (χ2v) is 5.41. The number of nitrogen functional groups attached to an aromatic ring is 1. The van der Waals surface area contributed by atoms with Gasteiger partial charge in [-0.3, -0.25) is 4.79 Å². The maximum atomic E-state index is 12.0. The molecule has 1 aromatic rings. The van der Waals surface area contributed by atoms with Gasteiger partial charge in [0.1, 0.15) is 0 Å². The summed E-state index contributed by atoms with van der Waals surface area (Å²) in [6.45, 7) is 5.57. The van der Waals surface area contributed by atoms with Crippen molar-refractivity contribution < 1.29 is 9.53 Å². The summed E-state index contributed by atoms with van der Waals surface area (Å²) in [5.74, 6) is -0.00121. The molecule has 0 bridgehead atoms. The van der Waals surface area contributed by atoms with E-state index in [4.69, 9.17) is 10.5 Å². The summed E-state index contributed by atoms with van der Waals surface area (Å²) in [7, 11) is 0. The Kier molecular flexibility index (Phi) is 6.02. The molecule has 2 rings (SSSR count). The van der Waals surface area contributed by atoms with Crippen molar-refractivity contribution >= 4 is 17.3 Å². The van der Waals surface area contributed by atoms with Crippen molar-refractivity contribution in [1.82, 2.24) is 4.90 Å². The molecule has 1 unspecified atom stereocenters. The first-order chi connectivity index (χ1) is 10.2. The Labute approximate surface area is 126 Å². The first kappa shape index (κ1) is 15.8. The summed E-state index contributed by atoms with van der Waals surface area (Å²) in [6.07, 6.45) is 3.08. The molecule has 0 radical (unpaired) electrons. The lowest BCUT2D eigenvalue weighted by atomic mass is 10.2. The number of likely N-dealkylation sites (N-methyl/N-ethyl adjacent to an activating group) is 1. The van der Waals surface area contributed by atoms with Crippen LogP contribution in [0.5, 0.6) is 0 Å². The number of hydrogen-bond acceptors (Lipinski definition) is 4.